The molecule has 0 aliphatic carbocycles. The number of anilines is 1. The van der Waals surface area contributed by atoms with E-state index in [1.807, 2.05) is 43.3 Å². The van der Waals surface area contributed by atoms with E-state index in [0.717, 1.165) is 16.3 Å². The maximum Gasteiger partial charge on any atom is 0.337 e. The zero-order valence-electron chi connectivity index (χ0n) is 15.8. The summed E-state index contributed by atoms with van der Waals surface area (Å²) in [4.78, 5) is 36.4. The van der Waals surface area contributed by atoms with Crippen LogP contribution >= 0.6 is 0 Å². The number of ether oxygens (including phenoxy) is 1. The molecule has 0 spiro atoms. The SMILES string of the molecule is COC(=O)c1ccc(C)c(NC(=O)CCC(=O)c2ccc3ccccc3c2)c1. The first-order valence-corrected chi connectivity index (χ1v) is 8.99. The van der Waals surface area contributed by atoms with Crippen LogP contribution < -0.4 is 5.32 Å². The lowest BCUT2D eigenvalue weighted by Crippen LogP contribution is -2.15. The van der Waals surface area contributed by atoms with Crippen LogP contribution in [0.4, 0.5) is 5.69 Å². The highest BCUT2D eigenvalue weighted by molar-refractivity contribution is 6.02. The molecule has 0 saturated carbocycles. The lowest BCUT2D eigenvalue weighted by atomic mass is 10.0. The van der Waals surface area contributed by atoms with Crippen molar-refractivity contribution < 1.29 is 19.1 Å². The molecule has 0 aliphatic rings. The number of fused-ring (bicyclic) bond motifs is 1. The number of hydrogen-bond acceptors (Lipinski definition) is 4. The van der Waals surface area contributed by atoms with Gasteiger partial charge in [0.15, 0.2) is 5.78 Å². The summed E-state index contributed by atoms with van der Waals surface area (Å²) in [6, 6.07) is 18.3. The molecule has 5 nitrogen and oxygen atoms in total. The third-order valence-electron chi connectivity index (χ3n) is 4.58. The molecule has 1 N–H and O–H groups in total. The smallest absolute Gasteiger partial charge is 0.337 e. The molecule has 3 aromatic rings. The summed E-state index contributed by atoms with van der Waals surface area (Å²) in [6.07, 6.45) is 0.174. The monoisotopic (exact) mass is 375 g/mol. The zero-order chi connectivity index (χ0) is 20.1. The van der Waals surface area contributed by atoms with E-state index >= 15 is 0 Å². The summed E-state index contributed by atoms with van der Waals surface area (Å²) in [5.41, 5.74) is 2.30. The summed E-state index contributed by atoms with van der Waals surface area (Å²) < 4.78 is 4.70. The number of rotatable bonds is 6. The third-order valence-corrected chi connectivity index (χ3v) is 4.58. The topological polar surface area (TPSA) is 72.5 Å². The second-order valence-corrected chi connectivity index (χ2v) is 6.55. The molecule has 0 heterocycles. The van der Waals surface area contributed by atoms with Crippen molar-refractivity contribution in [3.05, 3.63) is 77.4 Å². The van der Waals surface area contributed by atoms with Crippen LogP contribution in [-0.4, -0.2) is 24.8 Å². The summed E-state index contributed by atoms with van der Waals surface area (Å²) in [7, 11) is 1.30. The van der Waals surface area contributed by atoms with Crippen LogP contribution in [0.2, 0.25) is 0 Å². The number of aryl methyl sites for hydroxylation is 1. The maximum atomic E-state index is 12.5. The Morgan fingerprint density at radius 1 is 0.857 bits per heavy atom. The minimum atomic E-state index is -0.470. The van der Waals surface area contributed by atoms with E-state index in [9.17, 15) is 14.4 Å². The Morgan fingerprint density at radius 2 is 1.57 bits per heavy atom. The molecule has 0 bridgehead atoms. The zero-order valence-corrected chi connectivity index (χ0v) is 15.8. The van der Waals surface area contributed by atoms with E-state index in [1.54, 1.807) is 24.3 Å². The minimum Gasteiger partial charge on any atom is -0.465 e. The number of benzene rings is 3. The maximum absolute atomic E-state index is 12.5. The number of Topliss-reactive ketones (excluding diaryl/α,β-unsaturated/α-hetero) is 1. The van der Waals surface area contributed by atoms with Crippen molar-refractivity contribution in [2.45, 2.75) is 19.8 Å². The first kappa shape index (κ1) is 19.3. The Kier molecular flexibility index (Phi) is 5.84. The van der Waals surface area contributed by atoms with Crippen molar-refractivity contribution in [3.63, 3.8) is 0 Å². The third kappa shape index (κ3) is 4.43. The van der Waals surface area contributed by atoms with Crippen molar-refractivity contribution in [3.8, 4) is 0 Å². The fraction of sp³-hybridized carbons (Fsp3) is 0.174. The van der Waals surface area contributed by atoms with E-state index in [1.165, 1.54) is 7.11 Å². The van der Waals surface area contributed by atoms with Gasteiger partial charge < -0.3 is 10.1 Å². The minimum absolute atomic E-state index is 0.0630. The average Bonchev–Trinajstić information content (AvgIpc) is 2.72. The van der Waals surface area contributed by atoms with E-state index in [2.05, 4.69) is 5.32 Å². The Balaban J connectivity index is 1.63. The Hall–Kier alpha value is -3.47. The van der Waals surface area contributed by atoms with Crippen molar-refractivity contribution in [2.75, 3.05) is 12.4 Å². The van der Waals surface area contributed by atoms with Crippen molar-refractivity contribution in [1.29, 1.82) is 0 Å². The first-order valence-electron chi connectivity index (χ1n) is 8.99. The van der Waals surface area contributed by atoms with Gasteiger partial charge in [-0.2, -0.15) is 0 Å². The normalized spacial score (nSPS) is 10.5. The molecule has 142 valence electrons. The predicted octanol–water partition coefficient (Wildman–Crippen LogP) is 4.54. The van der Waals surface area contributed by atoms with Gasteiger partial charge in [0, 0.05) is 24.1 Å². The van der Waals surface area contributed by atoms with Gasteiger partial charge in [-0.25, -0.2) is 4.79 Å². The highest BCUT2D eigenvalue weighted by Crippen LogP contribution is 2.19. The highest BCUT2D eigenvalue weighted by atomic mass is 16.5. The average molecular weight is 375 g/mol. The summed E-state index contributed by atoms with van der Waals surface area (Å²) >= 11 is 0. The molecule has 0 saturated heterocycles. The molecule has 3 rings (SSSR count). The van der Waals surface area contributed by atoms with Gasteiger partial charge in [-0.05, 0) is 41.5 Å². The van der Waals surface area contributed by atoms with Crippen LogP contribution in [0.15, 0.2) is 60.7 Å². The Labute approximate surface area is 163 Å². The second kappa shape index (κ2) is 8.48. The molecule has 0 radical (unpaired) electrons. The molecule has 3 aromatic carbocycles. The molecule has 1 amide bonds. The van der Waals surface area contributed by atoms with E-state index in [-0.39, 0.29) is 24.5 Å². The van der Waals surface area contributed by atoms with Gasteiger partial charge in [0.25, 0.3) is 0 Å². The van der Waals surface area contributed by atoms with Crippen LogP contribution in [0, 0.1) is 6.92 Å². The standard InChI is InChI=1S/C23H21NO4/c1-15-7-8-19(23(27)28-2)14-20(15)24-22(26)12-11-21(25)18-10-9-16-5-3-4-6-17(16)13-18/h3-10,13-14H,11-12H2,1-2H3,(H,24,26). The molecule has 0 unspecified atom stereocenters. The number of hydrogen-bond donors (Lipinski definition) is 1. The van der Waals surface area contributed by atoms with Crippen LogP contribution in [0.1, 0.15) is 39.1 Å². The number of carbonyl (C=O) groups excluding carboxylic acids is 3. The van der Waals surface area contributed by atoms with E-state index in [4.69, 9.17) is 4.74 Å². The van der Waals surface area contributed by atoms with E-state index in [0.29, 0.717) is 16.8 Å². The van der Waals surface area contributed by atoms with Gasteiger partial charge in [-0.3, -0.25) is 9.59 Å². The van der Waals surface area contributed by atoms with Crippen LogP contribution in [0.5, 0.6) is 0 Å². The predicted molar refractivity (Wildman–Crippen MR) is 109 cm³/mol. The van der Waals surface area contributed by atoms with Gasteiger partial charge in [0.2, 0.25) is 5.91 Å². The van der Waals surface area contributed by atoms with Crippen LogP contribution in [0.25, 0.3) is 10.8 Å². The number of methoxy groups -OCH3 is 1. The van der Waals surface area contributed by atoms with Crippen molar-refractivity contribution >= 4 is 34.1 Å². The molecule has 0 aliphatic heterocycles. The lowest BCUT2D eigenvalue weighted by Gasteiger charge is -2.10. The summed E-state index contributed by atoms with van der Waals surface area (Å²) in [5, 5.41) is 4.83. The van der Waals surface area contributed by atoms with Gasteiger partial charge in [-0.15, -0.1) is 0 Å². The lowest BCUT2D eigenvalue weighted by molar-refractivity contribution is -0.116. The molecule has 28 heavy (non-hydrogen) atoms. The van der Waals surface area contributed by atoms with Gasteiger partial charge in [0.05, 0.1) is 12.7 Å². The quantitative estimate of drug-likeness (QED) is 0.507. The molecule has 0 atom stereocenters. The van der Waals surface area contributed by atoms with Crippen molar-refractivity contribution in [2.24, 2.45) is 0 Å². The van der Waals surface area contributed by atoms with Gasteiger partial charge in [-0.1, -0.05) is 42.5 Å². The van der Waals surface area contributed by atoms with Crippen LogP contribution in [0.3, 0.4) is 0 Å². The number of nitrogens with one attached hydrogen (secondary N) is 1. The van der Waals surface area contributed by atoms with E-state index < -0.39 is 5.97 Å². The van der Waals surface area contributed by atoms with Gasteiger partial charge >= 0.3 is 5.97 Å². The number of esters is 1. The van der Waals surface area contributed by atoms with Crippen molar-refractivity contribution in [1.82, 2.24) is 0 Å². The first-order chi connectivity index (χ1) is 13.5. The number of amides is 1. The highest BCUT2D eigenvalue weighted by Gasteiger charge is 2.13. The number of carbonyl (C=O) groups is 3. The molecule has 0 aromatic heterocycles. The molecular weight excluding hydrogens is 354 g/mol. The molecule has 5 heteroatoms. The molecule has 0 fully saturated rings. The fourth-order valence-corrected chi connectivity index (χ4v) is 2.95. The van der Waals surface area contributed by atoms with Crippen LogP contribution in [-0.2, 0) is 9.53 Å². The Morgan fingerprint density at radius 3 is 2.32 bits per heavy atom. The molecular formula is C23H21NO4. The number of ketones is 1. The fourth-order valence-electron chi connectivity index (χ4n) is 2.95. The summed E-state index contributed by atoms with van der Waals surface area (Å²) in [5.74, 6) is -0.831. The van der Waals surface area contributed by atoms with Gasteiger partial charge in [0.1, 0.15) is 0 Å². The largest absolute Gasteiger partial charge is 0.465 e. The second-order valence-electron chi connectivity index (χ2n) is 6.55. The Bertz CT molecular complexity index is 1060. The summed E-state index contributed by atoms with van der Waals surface area (Å²) in [6.45, 7) is 1.83.